The second kappa shape index (κ2) is 14.0. The summed E-state index contributed by atoms with van der Waals surface area (Å²) in [6.45, 7) is 3.71. The van der Waals surface area contributed by atoms with Crippen molar-refractivity contribution in [3.63, 3.8) is 0 Å². The van der Waals surface area contributed by atoms with E-state index in [-0.39, 0.29) is 35.6 Å². The Morgan fingerprint density at radius 2 is 1.37 bits per heavy atom. The van der Waals surface area contributed by atoms with Crippen LogP contribution >= 0.6 is 0 Å². The van der Waals surface area contributed by atoms with E-state index >= 15 is 0 Å². The number of hydrogen-bond donors (Lipinski definition) is 4. The van der Waals surface area contributed by atoms with E-state index in [1.165, 1.54) is 27.2 Å². The maximum absolute atomic E-state index is 12.8. The second-order valence-corrected chi connectivity index (χ2v) is 10.0. The van der Waals surface area contributed by atoms with Crippen LogP contribution in [0.25, 0.3) is 0 Å². The summed E-state index contributed by atoms with van der Waals surface area (Å²) in [5.41, 5.74) is 4.56. The van der Waals surface area contributed by atoms with Crippen molar-refractivity contribution >= 4 is 29.1 Å². The molecule has 1 unspecified atom stereocenters. The zero-order valence-electron chi connectivity index (χ0n) is 24.6. The number of carbonyl (C=O) groups is 3. The van der Waals surface area contributed by atoms with Crippen LogP contribution in [0.15, 0.2) is 84.9 Å². The van der Waals surface area contributed by atoms with Crippen LogP contribution in [0.4, 0.5) is 16.2 Å². The van der Waals surface area contributed by atoms with E-state index in [9.17, 15) is 19.5 Å². The number of phenols is 1. The first-order chi connectivity index (χ1) is 20.7. The van der Waals surface area contributed by atoms with Crippen molar-refractivity contribution in [3.8, 4) is 17.2 Å². The molecule has 0 aliphatic heterocycles. The molecule has 0 aliphatic rings. The number of ether oxygens (including phenoxy) is 2. The molecule has 4 N–H and O–H groups in total. The summed E-state index contributed by atoms with van der Waals surface area (Å²) in [6.07, 6.45) is 0.426. The van der Waals surface area contributed by atoms with Gasteiger partial charge >= 0.3 is 6.03 Å². The summed E-state index contributed by atoms with van der Waals surface area (Å²) in [6, 6.07) is 24.2. The number of methoxy groups -OCH3 is 2. The lowest BCUT2D eigenvalue weighted by Gasteiger charge is -2.23. The molecule has 1 atom stereocenters. The molecule has 4 rings (SSSR count). The average molecular weight is 582 g/mol. The van der Waals surface area contributed by atoms with Crippen LogP contribution in [0.2, 0.25) is 0 Å². The molecule has 4 aromatic carbocycles. The summed E-state index contributed by atoms with van der Waals surface area (Å²) in [5, 5.41) is 18.6. The van der Waals surface area contributed by atoms with Gasteiger partial charge in [0, 0.05) is 29.4 Å². The van der Waals surface area contributed by atoms with Crippen LogP contribution in [-0.2, 0) is 0 Å². The van der Waals surface area contributed by atoms with Crippen LogP contribution in [0, 0.1) is 6.92 Å². The molecule has 3 amide bonds. The number of phenolic OH excluding ortho intramolecular Hbond substituents is 1. The van der Waals surface area contributed by atoms with Crippen molar-refractivity contribution in [1.82, 2.24) is 5.32 Å². The molecule has 9 nitrogen and oxygen atoms in total. The highest BCUT2D eigenvalue weighted by Crippen LogP contribution is 2.38. The van der Waals surface area contributed by atoms with Crippen molar-refractivity contribution < 1.29 is 29.0 Å². The topological polar surface area (TPSA) is 126 Å². The number of aromatic hydroxyl groups is 1. The Morgan fingerprint density at radius 3 is 1.95 bits per heavy atom. The summed E-state index contributed by atoms with van der Waals surface area (Å²) < 4.78 is 11.0. The number of ketones is 1. The van der Waals surface area contributed by atoms with Gasteiger partial charge in [0.05, 0.1) is 19.8 Å². The lowest BCUT2D eigenvalue weighted by Crippen LogP contribution is -2.26. The molecular weight excluding hydrogens is 546 g/mol. The third-order valence-corrected chi connectivity index (χ3v) is 7.06. The maximum atomic E-state index is 12.8. The fraction of sp³-hybridized carbons (Fsp3) is 0.206. The molecule has 222 valence electrons. The number of carbonyl (C=O) groups excluding carboxylic acids is 3. The van der Waals surface area contributed by atoms with Gasteiger partial charge in [0.1, 0.15) is 5.75 Å². The Balaban J connectivity index is 1.60. The lowest BCUT2D eigenvalue weighted by molar-refractivity contribution is 0.0948. The van der Waals surface area contributed by atoms with E-state index in [0.29, 0.717) is 40.4 Å². The predicted octanol–water partition coefficient (Wildman–Crippen LogP) is 6.52. The number of para-hydroxylation sites is 1. The molecule has 43 heavy (non-hydrogen) atoms. The van der Waals surface area contributed by atoms with Crippen LogP contribution in [-0.4, -0.2) is 43.6 Å². The molecule has 0 spiro atoms. The van der Waals surface area contributed by atoms with Gasteiger partial charge < -0.3 is 30.5 Å². The SMILES string of the molecule is COc1cc(C(C)=O)c(C(CCNC(=O)c2ccccc2O)c2ccc(NC(=O)Nc3ccc(C)cc3)cc2)cc1OC. The fourth-order valence-corrected chi connectivity index (χ4v) is 4.81. The van der Waals surface area contributed by atoms with E-state index in [1.54, 1.807) is 42.5 Å². The van der Waals surface area contributed by atoms with Crippen LogP contribution < -0.4 is 25.4 Å². The van der Waals surface area contributed by atoms with Gasteiger partial charge in [-0.3, -0.25) is 9.59 Å². The van der Waals surface area contributed by atoms with Gasteiger partial charge in [-0.25, -0.2) is 4.79 Å². The highest BCUT2D eigenvalue weighted by Gasteiger charge is 2.23. The number of aryl methyl sites for hydroxylation is 1. The monoisotopic (exact) mass is 581 g/mol. The maximum Gasteiger partial charge on any atom is 0.323 e. The van der Waals surface area contributed by atoms with Crippen molar-refractivity contribution in [3.05, 3.63) is 113 Å². The van der Waals surface area contributed by atoms with E-state index in [0.717, 1.165) is 11.1 Å². The quantitative estimate of drug-likeness (QED) is 0.150. The van der Waals surface area contributed by atoms with Gasteiger partial charge in [0.2, 0.25) is 0 Å². The van der Waals surface area contributed by atoms with E-state index in [1.807, 2.05) is 43.3 Å². The van der Waals surface area contributed by atoms with Crippen molar-refractivity contribution in [1.29, 1.82) is 0 Å². The number of rotatable bonds is 11. The molecule has 0 fully saturated rings. The van der Waals surface area contributed by atoms with Gasteiger partial charge in [-0.2, -0.15) is 0 Å². The van der Waals surface area contributed by atoms with Crippen molar-refractivity contribution in [2.24, 2.45) is 0 Å². The molecule has 0 saturated carbocycles. The third-order valence-electron chi connectivity index (χ3n) is 7.06. The largest absolute Gasteiger partial charge is 0.507 e. The van der Waals surface area contributed by atoms with Gasteiger partial charge in [0.15, 0.2) is 17.3 Å². The van der Waals surface area contributed by atoms with E-state index in [2.05, 4.69) is 16.0 Å². The Morgan fingerprint density at radius 1 is 0.791 bits per heavy atom. The first-order valence-corrected chi connectivity index (χ1v) is 13.8. The van der Waals surface area contributed by atoms with E-state index < -0.39 is 5.91 Å². The molecule has 9 heteroatoms. The average Bonchev–Trinajstić information content (AvgIpc) is 3.00. The van der Waals surface area contributed by atoms with Crippen molar-refractivity contribution in [2.75, 3.05) is 31.4 Å². The molecule has 4 aromatic rings. The fourth-order valence-electron chi connectivity index (χ4n) is 4.81. The molecule has 0 bridgehead atoms. The van der Waals surface area contributed by atoms with Crippen LogP contribution in [0.1, 0.15) is 56.7 Å². The minimum Gasteiger partial charge on any atom is -0.507 e. The highest BCUT2D eigenvalue weighted by atomic mass is 16.5. The number of amides is 3. The molecule has 0 radical (unpaired) electrons. The number of Topliss-reactive ketones (excluding diaryl/α,β-unsaturated/α-hetero) is 1. The third kappa shape index (κ3) is 7.71. The van der Waals surface area contributed by atoms with Crippen LogP contribution in [0.3, 0.4) is 0 Å². The Bertz CT molecular complexity index is 1600. The Kier molecular flexibility index (Phi) is 10.0. The molecule has 0 heterocycles. The molecular formula is C34H35N3O6. The van der Waals surface area contributed by atoms with Gasteiger partial charge in [0.25, 0.3) is 5.91 Å². The Labute approximate surface area is 250 Å². The standard InChI is InChI=1S/C34H35N3O6/c1-21-9-13-24(14-10-21)36-34(41)37-25-15-11-23(12-16-25)26(17-18-35-33(40)27-7-5-6-8-30(27)39)29-20-32(43-4)31(42-3)19-28(29)22(2)38/h5-16,19-20,26,39H,17-18H2,1-4H3,(H,35,40)(H2,36,37,41). The van der Waals surface area contributed by atoms with Gasteiger partial charge in [-0.1, -0.05) is 42.0 Å². The number of nitrogens with one attached hydrogen (secondary N) is 3. The second-order valence-electron chi connectivity index (χ2n) is 10.0. The zero-order valence-corrected chi connectivity index (χ0v) is 24.6. The smallest absolute Gasteiger partial charge is 0.323 e. The van der Waals surface area contributed by atoms with Gasteiger partial charge in [-0.05, 0) is 79.9 Å². The first-order valence-electron chi connectivity index (χ1n) is 13.8. The summed E-state index contributed by atoms with van der Waals surface area (Å²) in [7, 11) is 3.03. The van der Waals surface area contributed by atoms with Crippen LogP contribution in [0.5, 0.6) is 17.2 Å². The summed E-state index contributed by atoms with van der Waals surface area (Å²) in [4.78, 5) is 38.1. The van der Waals surface area contributed by atoms with Crippen molar-refractivity contribution in [2.45, 2.75) is 26.2 Å². The lowest BCUT2D eigenvalue weighted by atomic mass is 9.84. The Hall–Kier alpha value is -5.31. The molecule has 0 aliphatic carbocycles. The summed E-state index contributed by atoms with van der Waals surface area (Å²) in [5.74, 6) is -0.0945. The number of benzene rings is 4. The minimum atomic E-state index is -0.407. The number of hydrogen-bond acceptors (Lipinski definition) is 6. The molecule has 0 saturated heterocycles. The van der Waals surface area contributed by atoms with Gasteiger partial charge in [-0.15, -0.1) is 0 Å². The molecule has 0 aromatic heterocycles. The number of urea groups is 1. The highest BCUT2D eigenvalue weighted by molar-refractivity contribution is 6.00. The van der Waals surface area contributed by atoms with E-state index in [4.69, 9.17) is 9.47 Å². The zero-order chi connectivity index (χ0) is 30.9. The minimum absolute atomic E-state index is 0.107. The normalized spacial score (nSPS) is 11.3. The summed E-state index contributed by atoms with van der Waals surface area (Å²) >= 11 is 0. The predicted molar refractivity (Wildman–Crippen MR) is 167 cm³/mol. The number of anilines is 2. The first kappa shape index (κ1) is 30.6.